The van der Waals surface area contributed by atoms with Crippen molar-refractivity contribution in [2.45, 2.75) is 32.1 Å². The van der Waals surface area contributed by atoms with E-state index in [1.54, 1.807) is 0 Å². The molecule has 0 aliphatic heterocycles. The second-order valence-electron chi connectivity index (χ2n) is 4.62. The molecule has 6 heteroatoms. The minimum absolute atomic E-state index is 0.00917. The van der Waals surface area contributed by atoms with Crippen molar-refractivity contribution >= 4 is 23.5 Å². The van der Waals surface area contributed by atoms with Crippen LogP contribution in [-0.2, 0) is 9.53 Å². The van der Waals surface area contributed by atoms with Crippen molar-refractivity contribution in [1.82, 2.24) is 5.32 Å². The Kier molecular flexibility index (Phi) is 7.75. The summed E-state index contributed by atoms with van der Waals surface area (Å²) >= 11 is 5.63. The molecule has 0 aliphatic rings. The van der Waals surface area contributed by atoms with Gasteiger partial charge in [0.2, 0.25) is 0 Å². The van der Waals surface area contributed by atoms with Crippen LogP contribution in [0.2, 0.25) is 5.02 Å². The first kappa shape index (κ1) is 17.4. The predicted molar refractivity (Wildman–Crippen MR) is 78.8 cm³/mol. The third-order valence-electron chi connectivity index (χ3n) is 3.00. The zero-order chi connectivity index (χ0) is 15.7. The number of carbonyl (C=O) groups excluding carboxylic acids is 2. The average molecular weight is 316 g/mol. The van der Waals surface area contributed by atoms with Gasteiger partial charge in [-0.1, -0.05) is 24.4 Å². The number of nitrogens with one attached hydrogen (secondary N) is 1. The summed E-state index contributed by atoms with van der Waals surface area (Å²) in [5, 5.41) is 2.92. The van der Waals surface area contributed by atoms with Gasteiger partial charge in [0, 0.05) is 18.0 Å². The Bertz CT molecular complexity index is 494. The average Bonchev–Trinajstić information content (AvgIpc) is 2.45. The molecule has 1 aromatic rings. The van der Waals surface area contributed by atoms with Crippen LogP contribution in [0.15, 0.2) is 18.2 Å². The Labute approximate surface area is 128 Å². The smallest absolute Gasteiger partial charge is 0.305 e. The molecule has 4 nitrogen and oxygen atoms in total. The zero-order valence-electron chi connectivity index (χ0n) is 12.0. The lowest BCUT2D eigenvalue weighted by Gasteiger charge is -2.06. The topological polar surface area (TPSA) is 55.4 Å². The lowest BCUT2D eigenvalue weighted by molar-refractivity contribution is -0.140. The van der Waals surface area contributed by atoms with Crippen LogP contribution in [0.4, 0.5) is 4.39 Å². The highest BCUT2D eigenvalue weighted by Gasteiger charge is 2.11. The zero-order valence-corrected chi connectivity index (χ0v) is 12.7. The van der Waals surface area contributed by atoms with Gasteiger partial charge in [0.25, 0.3) is 5.91 Å². The van der Waals surface area contributed by atoms with E-state index in [0.717, 1.165) is 31.7 Å². The largest absolute Gasteiger partial charge is 0.469 e. The summed E-state index contributed by atoms with van der Waals surface area (Å²) in [4.78, 5) is 22.6. The van der Waals surface area contributed by atoms with Crippen LogP contribution >= 0.6 is 11.6 Å². The quantitative estimate of drug-likeness (QED) is 0.591. The molecule has 1 amide bonds. The SMILES string of the molecule is COC(=O)CCCCCCNC(=O)c1ccc(Cl)cc1F. The molecule has 0 radical (unpaired) electrons. The van der Waals surface area contributed by atoms with Gasteiger partial charge in [-0.3, -0.25) is 9.59 Å². The van der Waals surface area contributed by atoms with Crippen molar-refractivity contribution in [3.05, 3.63) is 34.6 Å². The molecule has 0 fully saturated rings. The number of carbonyl (C=O) groups is 2. The standard InChI is InChI=1S/C15H19ClFNO3/c1-21-14(19)6-4-2-3-5-9-18-15(20)12-8-7-11(16)10-13(12)17/h7-8,10H,2-6,9H2,1H3,(H,18,20). The number of unbranched alkanes of at least 4 members (excludes halogenated alkanes) is 3. The lowest BCUT2D eigenvalue weighted by atomic mass is 10.1. The van der Waals surface area contributed by atoms with Gasteiger partial charge in [-0.25, -0.2) is 4.39 Å². The maximum atomic E-state index is 13.5. The summed E-state index contributed by atoms with van der Waals surface area (Å²) in [6, 6.07) is 3.96. The summed E-state index contributed by atoms with van der Waals surface area (Å²) in [5.41, 5.74) is -0.00917. The van der Waals surface area contributed by atoms with E-state index in [0.29, 0.717) is 13.0 Å². The Morgan fingerprint density at radius 1 is 1.24 bits per heavy atom. The van der Waals surface area contributed by atoms with E-state index in [9.17, 15) is 14.0 Å². The lowest BCUT2D eigenvalue weighted by Crippen LogP contribution is -2.25. The Morgan fingerprint density at radius 2 is 1.95 bits per heavy atom. The predicted octanol–water partition coefficient (Wildman–Crippen LogP) is 3.33. The molecule has 21 heavy (non-hydrogen) atoms. The van der Waals surface area contributed by atoms with E-state index >= 15 is 0 Å². The summed E-state index contributed by atoms with van der Waals surface area (Å²) in [6.07, 6.45) is 3.74. The minimum Gasteiger partial charge on any atom is -0.469 e. The molecule has 0 atom stereocenters. The normalized spacial score (nSPS) is 10.2. The van der Waals surface area contributed by atoms with Crippen LogP contribution < -0.4 is 5.32 Å². The van der Waals surface area contributed by atoms with Crippen molar-refractivity contribution in [1.29, 1.82) is 0 Å². The van der Waals surface area contributed by atoms with Gasteiger partial charge in [-0.2, -0.15) is 0 Å². The number of rotatable bonds is 8. The number of esters is 1. The van der Waals surface area contributed by atoms with Crippen LogP contribution in [0.25, 0.3) is 0 Å². The molecule has 0 aromatic heterocycles. The van der Waals surface area contributed by atoms with Crippen LogP contribution in [-0.4, -0.2) is 25.5 Å². The van der Waals surface area contributed by atoms with E-state index in [1.807, 2.05) is 0 Å². The highest BCUT2D eigenvalue weighted by atomic mass is 35.5. The monoisotopic (exact) mass is 315 g/mol. The summed E-state index contributed by atoms with van der Waals surface area (Å²) in [7, 11) is 1.37. The number of amides is 1. The highest BCUT2D eigenvalue weighted by molar-refractivity contribution is 6.30. The summed E-state index contributed by atoms with van der Waals surface area (Å²) in [6.45, 7) is 0.471. The second kappa shape index (κ2) is 9.34. The molecule has 0 saturated carbocycles. The van der Waals surface area contributed by atoms with Crippen LogP contribution in [0.3, 0.4) is 0 Å². The third kappa shape index (κ3) is 6.58. The molecule has 1 aromatic carbocycles. The Hall–Kier alpha value is -1.62. The van der Waals surface area contributed by atoms with Gasteiger partial charge in [0.1, 0.15) is 5.82 Å². The fraction of sp³-hybridized carbons (Fsp3) is 0.467. The molecule has 0 bridgehead atoms. The van der Waals surface area contributed by atoms with Gasteiger partial charge < -0.3 is 10.1 Å². The molecule has 0 spiro atoms. The molecule has 1 N–H and O–H groups in total. The van der Waals surface area contributed by atoms with Crippen LogP contribution in [0.5, 0.6) is 0 Å². The first-order chi connectivity index (χ1) is 10.0. The number of halogens is 2. The van der Waals surface area contributed by atoms with E-state index in [2.05, 4.69) is 10.1 Å². The maximum absolute atomic E-state index is 13.5. The highest BCUT2D eigenvalue weighted by Crippen LogP contribution is 2.14. The number of hydrogen-bond acceptors (Lipinski definition) is 3. The van der Waals surface area contributed by atoms with Gasteiger partial charge in [-0.15, -0.1) is 0 Å². The van der Waals surface area contributed by atoms with Crippen molar-refractivity contribution in [2.24, 2.45) is 0 Å². The van der Waals surface area contributed by atoms with Crippen molar-refractivity contribution in [2.75, 3.05) is 13.7 Å². The van der Waals surface area contributed by atoms with E-state index in [-0.39, 0.29) is 16.6 Å². The number of benzene rings is 1. The van der Waals surface area contributed by atoms with Gasteiger partial charge in [-0.05, 0) is 31.0 Å². The Morgan fingerprint density at radius 3 is 2.62 bits per heavy atom. The number of methoxy groups -OCH3 is 1. The molecular weight excluding hydrogens is 297 g/mol. The molecule has 116 valence electrons. The fourth-order valence-electron chi connectivity index (χ4n) is 1.82. The van der Waals surface area contributed by atoms with Crippen LogP contribution in [0, 0.1) is 5.82 Å². The van der Waals surface area contributed by atoms with E-state index in [1.165, 1.54) is 19.2 Å². The molecule has 0 aliphatic carbocycles. The fourth-order valence-corrected chi connectivity index (χ4v) is 1.98. The molecule has 0 heterocycles. The number of hydrogen-bond donors (Lipinski definition) is 1. The second-order valence-corrected chi connectivity index (χ2v) is 5.06. The van der Waals surface area contributed by atoms with Crippen molar-refractivity contribution < 1.29 is 18.7 Å². The summed E-state index contributed by atoms with van der Waals surface area (Å²) in [5.74, 6) is -1.28. The van der Waals surface area contributed by atoms with Gasteiger partial charge in [0.15, 0.2) is 0 Å². The van der Waals surface area contributed by atoms with Crippen molar-refractivity contribution in [3.63, 3.8) is 0 Å². The summed E-state index contributed by atoms with van der Waals surface area (Å²) < 4.78 is 18.0. The van der Waals surface area contributed by atoms with Crippen molar-refractivity contribution in [3.8, 4) is 0 Å². The van der Waals surface area contributed by atoms with E-state index < -0.39 is 11.7 Å². The van der Waals surface area contributed by atoms with E-state index in [4.69, 9.17) is 11.6 Å². The maximum Gasteiger partial charge on any atom is 0.305 e. The van der Waals surface area contributed by atoms with Crippen LogP contribution in [0.1, 0.15) is 42.5 Å². The minimum atomic E-state index is -0.627. The first-order valence-electron chi connectivity index (χ1n) is 6.84. The number of ether oxygens (including phenoxy) is 1. The first-order valence-corrected chi connectivity index (χ1v) is 7.22. The molecule has 1 rings (SSSR count). The molecule has 0 unspecified atom stereocenters. The van der Waals surface area contributed by atoms with Gasteiger partial charge in [0.05, 0.1) is 12.7 Å². The molecule has 0 saturated heterocycles. The third-order valence-corrected chi connectivity index (χ3v) is 3.23. The van der Waals surface area contributed by atoms with Gasteiger partial charge >= 0.3 is 5.97 Å². The Balaban J connectivity index is 2.18. The molecular formula is C15H19ClFNO3.